The van der Waals surface area contributed by atoms with Gasteiger partial charge in [-0.2, -0.15) is 0 Å². The molecule has 0 unspecified atom stereocenters. The lowest BCUT2D eigenvalue weighted by atomic mass is 9.94. The largest absolute Gasteiger partial charge is 0.317 e. The zero-order chi connectivity index (χ0) is 10.7. The van der Waals surface area contributed by atoms with Gasteiger partial charge in [-0.1, -0.05) is 13.8 Å². The van der Waals surface area contributed by atoms with Crippen LogP contribution in [0.4, 0.5) is 0 Å². The number of hydrogen-bond donors (Lipinski definition) is 1. The van der Waals surface area contributed by atoms with Gasteiger partial charge in [0, 0.05) is 17.0 Å². The van der Waals surface area contributed by atoms with Gasteiger partial charge < -0.3 is 5.32 Å². The van der Waals surface area contributed by atoms with Crippen LogP contribution in [-0.2, 0) is 6.42 Å². The summed E-state index contributed by atoms with van der Waals surface area (Å²) in [7, 11) is 0. The first kappa shape index (κ1) is 11.1. The summed E-state index contributed by atoms with van der Waals surface area (Å²) in [5.41, 5.74) is 0. The van der Waals surface area contributed by atoms with Crippen molar-refractivity contribution in [1.82, 2.24) is 10.3 Å². The molecule has 1 saturated heterocycles. The van der Waals surface area contributed by atoms with Crippen molar-refractivity contribution in [2.45, 2.75) is 39.0 Å². The quantitative estimate of drug-likeness (QED) is 0.854. The van der Waals surface area contributed by atoms with Crippen LogP contribution in [0.1, 0.15) is 42.5 Å². The molecule has 0 bridgehead atoms. The lowest BCUT2D eigenvalue weighted by molar-refractivity contribution is 0.374. The number of hydrogen-bond acceptors (Lipinski definition) is 3. The summed E-state index contributed by atoms with van der Waals surface area (Å²) in [5.74, 6) is 1.46. The van der Waals surface area contributed by atoms with Crippen LogP contribution >= 0.6 is 11.3 Å². The van der Waals surface area contributed by atoms with Crippen molar-refractivity contribution >= 4 is 11.3 Å². The highest BCUT2D eigenvalue weighted by molar-refractivity contribution is 7.11. The van der Waals surface area contributed by atoms with E-state index in [1.165, 1.54) is 42.2 Å². The maximum Gasteiger partial charge on any atom is 0.0953 e. The number of nitrogens with zero attached hydrogens (tertiary/aromatic N) is 1. The first-order chi connectivity index (χ1) is 7.25. The van der Waals surface area contributed by atoms with Crippen molar-refractivity contribution in [1.29, 1.82) is 0 Å². The molecule has 1 fully saturated rings. The van der Waals surface area contributed by atoms with Crippen molar-refractivity contribution in [2.24, 2.45) is 5.92 Å². The highest BCUT2D eigenvalue weighted by atomic mass is 32.1. The lowest BCUT2D eigenvalue weighted by Gasteiger charge is -2.21. The average Bonchev–Trinajstić information content (AvgIpc) is 2.68. The summed E-state index contributed by atoms with van der Waals surface area (Å²) in [6.07, 6.45) is 5.98. The minimum atomic E-state index is 0.580. The van der Waals surface area contributed by atoms with E-state index < -0.39 is 0 Å². The molecular weight excluding hydrogens is 204 g/mol. The van der Waals surface area contributed by atoms with Crippen molar-refractivity contribution in [3.8, 4) is 0 Å². The predicted octanol–water partition coefficient (Wildman–Crippen LogP) is 2.81. The van der Waals surface area contributed by atoms with Crippen LogP contribution in [-0.4, -0.2) is 18.1 Å². The second kappa shape index (κ2) is 5.08. The fourth-order valence-corrected chi connectivity index (χ4v) is 3.09. The maximum atomic E-state index is 4.48. The number of piperidine rings is 1. The van der Waals surface area contributed by atoms with Gasteiger partial charge in [-0.15, -0.1) is 11.3 Å². The fourth-order valence-electron chi connectivity index (χ4n) is 2.05. The van der Waals surface area contributed by atoms with Crippen LogP contribution in [0.2, 0.25) is 0 Å². The first-order valence-electron chi connectivity index (χ1n) is 5.91. The molecule has 0 saturated carbocycles. The molecule has 0 radical (unpaired) electrons. The molecule has 1 aliphatic rings. The molecule has 3 heteroatoms. The molecule has 0 atom stereocenters. The molecule has 2 nitrogen and oxygen atoms in total. The van der Waals surface area contributed by atoms with E-state index in [4.69, 9.17) is 0 Å². The normalized spacial score (nSPS) is 18.6. The smallest absolute Gasteiger partial charge is 0.0953 e. The van der Waals surface area contributed by atoms with Gasteiger partial charge in [0.25, 0.3) is 0 Å². The Labute approximate surface area is 96.1 Å². The Kier molecular flexibility index (Phi) is 3.76. The van der Waals surface area contributed by atoms with E-state index in [1.54, 1.807) is 0 Å². The molecule has 0 amide bonds. The molecular formula is C12H20N2S. The Bertz CT molecular complexity index is 300. The third-order valence-corrected chi connectivity index (χ3v) is 4.33. The van der Waals surface area contributed by atoms with Gasteiger partial charge in [-0.05, 0) is 38.3 Å². The lowest BCUT2D eigenvalue weighted by Crippen LogP contribution is -2.28. The van der Waals surface area contributed by atoms with Gasteiger partial charge in [-0.3, -0.25) is 0 Å². The van der Waals surface area contributed by atoms with Crippen LogP contribution in [0.5, 0.6) is 0 Å². The van der Waals surface area contributed by atoms with E-state index in [0.717, 1.165) is 5.92 Å². The van der Waals surface area contributed by atoms with E-state index in [9.17, 15) is 0 Å². The van der Waals surface area contributed by atoms with Crippen molar-refractivity contribution in [3.05, 3.63) is 16.1 Å². The molecule has 0 aliphatic carbocycles. The van der Waals surface area contributed by atoms with E-state index in [0.29, 0.717) is 5.92 Å². The maximum absolute atomic E-state index is 4.48. The minimum absolute atomic E-state index is 0.580. The molecule has 2 rings (SSSR count). The van der Waals surface area contributed by atoms with Crippen LogP contribution in [0.3, 0.4) is 0 Å². The van der Waals surface area contributed by atoms with Gasteiger partial charge in [0.2, 0.25) is 0 Å². The summed E-state index contributed by atoms with van der Waals surface area (Å²) in [4.78, 5) is 5.96. The highest BCUT2D eigenvalue weighted by Crippen LogP contribution is 2.25. The van der Waals surface area contributed by atoms with Crippen LogP contribution in [0, 0.1) is 5.92 Å². The molecule has 1 N–H and O–H groups in total. The zero-order valence-corrected chi connectivity index (χ0v) is 10.4. The summed E-state index contributed by atoms with van der Waals surface area (Å²) < 4.78 is 0. The summed E-state index contributed by atoms with van der Waals surface area (Å²) in [5, 5.41) is 4.70. The Morgan fingerprint density at radius 3 is 2.80 bits per heavy atom. The zero-order valence-electron chi connectivity index (χ0n) is 9.62. The number of aromatic nitrogens is 1. The van der Waals surface area contributed by atoms with Gasteiger partial charge in [0.05, 0.1) is 5.01 Å². The van der Waals surface area contributed by atoms with Crippen molar-refractivity contribution in [2.75, 3.05) is 13.1 Å². The van der Waals surface area contributed by atoms with Gasteiger partial charge in [-0.25, -0.2) is 4.98 Å². The van der Waals surface area contributed by atoms with E-state index in [-0.39, 0.29) is 0 Å². The van der Waals surface area contributed by atoms with Crippen LogP contribution in [0.15, 0.2) is 6.20 Å². The number of rotatable bonds is 3. The first-order valence-corrected chi connectivity index (χ1v) is 6.72. The Morgan fingerprint density at radius 2 is 2.20 bits per heavy atom. The second-order valence-electron chi connectivity index (χ2n) is 4.72. The molecule has 84 valence electrons. The fraction of sp³-hybridized carbons (Fsp3) is 0.750. The second-order valence-corrected chi connectivity index (χ2v) is 5.86. The standard InChI is InChI=1S/C12H20N2S/c1-9(2)12-14-8-11(15-12)7-10-3-5-13-6-4-10/h8-10,13H,3-7H2,1-2H3. The minimum Gasteiger partial charge on any atom is -0.317 e. The topological polar surface area (TPSA) is 24.9 Å². The molecule has 15 heavy (non-hydrogen) atoms. The predicted molar refractivity (Wildman–Crippen MR) is 65.5 cm³/mol. The summed E-state index contributed by atoms with van der Waals surface area (Å²) >= 11 is 1.90. The molecule has 2 heterocycles. The van der Waals surface area contributed by atoms with E-state index >= 15 is 0 Å². The summed E-state index contributed by atoms with van der Waals surface area (Å²) in [6.45, 7) is 6.82. The Hall–Kier alpha value is -0.410. The molecule has 1 aliphatic heterocycles. The number of nitrogens with one attached hydrogen (secondary N) is 1. The average molecular weight is 224 g/mol. The van der Waals surface area contributed by atoms with E-state index in [1.807, 2.05) is 11.3 Å². The van der Waals surface area contributed by atoms with Crippen molar-refractivity contribution in [3.63, 3.8) is 0 Å². The van der Waals surface area contributed by atoms with Gasteiger partial charge >= 0.3 is 0 Å². The van der Waals surface area contributed by atoms with Gasteiger partial charge in [0.1, 0.15) is 0 Å². The number of thiazole rings is 1. The van der Waals surface area contributed by atoms with Crippen LogP contribution in [0.25, 0.3) is 0 Å². The molecule has 1 aromatic heterocycles. The third kappa shape index (κ3) is 3.02. The molecule has 0 spiro atoms. The third-order valence-electron chi connectivity index (χ3n) is 3.01. The van der Waals surface area contributed by atoms with Gasteiger partial charge in [0.15, 0.2) is 0 Å². The SMILES string of the molecule is CC(C)c1ncc(CC2CCNCC2)s1. The highest BCUT2D eigenvalue weighted by Gasteiger charge is 2.15. The summed E-state index contributed by atoms with van der Waals surface area (Å²) in [6, 6.07) is 0. The van der Waals surface area contributed by atoms with Crippen molar-refractivity contribution < 1.29 is 0 Å². The Morgan fingerprint density at radius 1 is 1.47 bits per heavy atom. The molecule has 0 aromatic carbocycles. The Balaban J connectivity index is 1.91. The van der Waals surface area contributed by atoms with Crippen LogP contribution < -0.4 is 5.32 Å². The molecule has 1 aromatic rings. The van der Waals surface area contributed by atoms with E-state index in [2.05, 4.69) is 30.3 Å². The monoisotopic (exact) mass is 224 g/mol.